The van der Waals surface area contributed by atoms with E-state index in [1.54, 1.807) is 0 Å². The van der Waals surface area contributed by atoms with Gasteiger partial charge in [-0.05, 0) is 23.3 Å². The van der Waals surface area contributed by atoms with E-state index in [-0.39, 0.29) is 12.4 Å². The lowest BCUT2D eigenvalue weighted by Gasteiger charge is -2.07. The van der Waals surface area contributed by atoms with Gasteiger partial charge in [0.1, 0.15) is 12.4 Å². The third-order valence-corrected chi connectivity index (χ3v) is 3.86. The molecule has 3 rings (SSSR count). The molecule has 0 aliphatic carbocycles. The monoisotopic (exact) mass is 309 g/mol. The van der Waals surface area contributed by atoms with Gasteiger partial charge in [0.05, 0.1) is 19.0 Å². The average molecular weight is 309 g/mol. The third kappa shape index (κ3) is 3.37. The molecule has 0 unspecified atom stereocenters. The number of hydrogen-bond donors (Lipinski definition) is 0. The molecule has 0 bridgehead atoms. The first kappa shape index (κ1) is 15.2. The fourth-order valence-electron chi connectivity index (χ4n) is 2.65. The number of nitrogens with zero attached hydrogens (tertiary/aromatic N) is 1. The Bertz CT molecular complexity index is 821. The number of methoxy groups -OCH3 is 1. The first-order valence-corrected chi connectivity index (χ1v) is 7.49. The highest BCUT2D eigenvalue weighted by molar-refractivity contribution is 5.88. The van der Waals surface area contributed by atoms with Gasteiger partial charge < -0.3 is 14.0 Å². The van der Waals surface area contributed by atoms with Crippen LogP contribution in [0.1, 0.15) is 11.1 Å². The van der Waals surface area contributed by atoms with Gasteiger partial charge in [-0.2, -0.15) is 0 Å². The van der Waals surface area contributed by atoms with Crippen LogP contribution < -0.4 is 4.74 Å². The van der Waals surface area contributed by atoms with E-state index >= 15 is 0 Å². The summed E-state index contributed by atoms with van der Waals surface area (Å²) in [5.74, 6) is 0.578. The van der Waals surface area contributed by atoms with Crippen LogP contribution in [0.15, 0.2) is 54.7 Å². The molecule has 0 saturated heterocycles. The fraction of sp³-hybridized carbons (Fsp3) is 0.211. The van der Waals surface area contributed by atoms with Crippen molar-refractivity contribution in [3.8, 4) is 5.75 Å². The van der Waals surface area contributed by atoms with Gasteiger partial charge in [0.25, 0.3) is 0 Å². The lowest BCUT2D eigenvalue weighted by Crippen LogP contribution is -2.03. The van der Waals surface area contributed by atoms with Crippen molar-refractivity contribution in [2.75, 3.05) is 7.11 Å². The molecule has 2 aromatic carbocycles. The lowest BCUT2D eigenvalue weighted by atomic mass is 10.1. The van der Waals surface area contributed by atoms with Crippen molar-refractivity contribution < 1.29 is 14.3 Å². The van der Waals surface area contributed by atoms with E-state index in [0.29, 0.717) is 6.61 Å². The maximum absolute atomic E-state index is 11.5. The van der Waals surface area contributed by atoms with Crippen molar-refractivity contribution in [2.45, 2.75) is 13.0 Å². The van der Waals surface area contributed by atoms with Crippen molar-refractivity contribution in [3.63, 3.8) is 0 Å². The van der Waals surface area contributed by atoms with Crippen LogP contribution in [0, 0.1) is 0 Å². The van der Waals surface area contributed by atoms with Gasteiger partial charge in [-0.1, -0.05) is 30.3 Å². The maximum atomic E-state index is 11.5. The van der Waals surface area contributed by atoms with Crippen LogP contribution in [-0.4, -0.2) is 17.6 Å². The number of esters is 1. The third-order valence-electron chi connectivity index (χ3n) is 3.86. The number of fused-ring (bicyclic) bond motifs is 1. The first-order chi connectivity index (χ1) is 11.2. The summed E-state index contributed by atoms with van der Waals surface area (Å²) in [6.07, 6.45) is 2.24. The Morgan fingerprint density at radius 2 is 1.91 bits per heavy atom. The summed E-state index contributed by atoms with van der Waals surface area (Å²) < 4.78 is 12.6. The standard InChI is InChI=1S/C19H19NO3/c1-20-12-15(10-19(21)22-2)17-9-8-16(11-18(17)20)23-13-14-6-4-3-5-7-14/h3-9,11-12H,10,13H2,1-2H3. The van der Waals surface area contributed by atoms with Crippen LogP contribution in [0.25, 0.3) is 10.9 Å². The molecule has 0 aliphatic heterocycles. The van der Waals surface area contributed by atoms with Crippen LogP contribution in [-0.2, 0) is 29.6 Å². The van der Waals surface area contributed by atoms with Gasteiger partial charge in [-0.3, -0.25) is 4.79 Å². The summed E-state index contributed by atoms with van der Waals surface area (Å²) in [4.78, 5) is 11.5. The number of carbonyl (C=O) groups excluding carboxylic acids is 1. The Kier molecular flexibility index (Phi) is 4.33. The lowest BCUT2D eigenvalue weighted by molar-refractivity contribution is -0.139. The number of rotatable bonds is 5. The number of ether oxygens (including phenoxy) is 2. The van der Waals surface area contributed by atoms with Gasteiger partial charge in [-0.15, -0.1) is 0 Å². The van der Waals surface area contributed by atoms with Crippen molar-refractivity contribution in [1.29, 1.82) is 0 Å². The molecule has 3 aromatic rings. The van der Waals surface area contributed by atoms with Crippen LogP contribution >= 0.6 is 0 Å². The number of aryl methyl sites for hydroxylation is 1. The van der Waals surface area contributed by atoms with Gasteiger partial charge in [-0.25, -0.2) is 0 Å². The molecule has 1 aromatic heterocycles. The summed E-state index contributed by atoms with van der Waals surface area (Å²) in [7, 11) is 3.37. The molecule has 0 amide bonds. The predicted molar refractivity (Wildman–Crippen MR) is 89.4 cm³/mol. The molecule has 23 heavy (non-hydrogen) atoms. The predicted octanol–water partition coefficient (Wildman–Crippen LogP) is 3.47. The van der Waals surface area contributed by atoms with Crippen molar-refractivity contribution in [1.82, 2.24) is 4.57 Å². The number of carbonyl (C=O) groups is 1. The Morgan fingerprint density at radius 3 is 2.65 bits per heavy atom. The van der Waals surface area contributed by atoms with Crippen molar-refractivity contribution in [2.24, 2.45) is 7.05 Å². The molecule has 4 nitrogen and oxygen atoms in total. The zero-order valence-electron chi connectivity index (χ0n) is 13.3. The molecular formula is C19H19NO3. The zero-order valence-corrected chi connectivity index (χ0v) is 13.3. The van der Waals surface area contributed by atoms with E-state index in [2.05, 4.69) is 0 Å². The van der Waals surface area contributed by atoms with Gasteiger partial charge >= 0.3 is 5.97 Å². The minimum Gasteiger partial charge on any atom is -0.489 e. The Morgan fingerprint density at radius 1 is 1.13 bits per heavy atom. The summed E-state index contributed by atoms with van der Waals surface area (Å²) in [6, 6.07) is 16.0. The highest BCUT2D eigenvalue weighted by atomic mass is 16.5. The van der Waals surface area contributed by atoms with Crippen molar-refractivity contribution >= 4 is 16.9 Å². The number of benzene rings is 2. The number of hydrogen-bond acceptors (Lipinski definition) is 3. The topological polar surface area (TPSA) is 40.5 Å². The second-order valence-corrected chi connectivity index (χ2v) is 5.47. The smallest absolute Gasteiger partial charge is 0.310 e. The molecule has 0 radical (unpaired) electrons. The van der Waals surface area contributed by atoms with Crippen LogP contribution in [0.4, 0.5) is 0 Å². The summed E-state index contributed by atoms with van der Waals surface area (Å²) in [5, 5.41) is 1.05. The molecule has 0 fully saturated rings. The average Bonchev–Trinajstić information content (AvgIpc) is 2.89. The van der Waals surface area contributed by atoms with E-state index in [4.69, 9.17) is 9.47 Å². The molecule has 1 heterocycles. The van der Waals surface area contributed by atoms with Crippen LogP contribution in [0.2, 0.25) is 0 Å². The Labute approximate surface area is 135 Å². The first-order valence-electron chi connectivity index (χ1n) is 7.49. The number of aromatic nitrogens is 1. The minimum atomic E-state index is -0.234. The van der Waals surface area contributed by atoms with Gasteiger partial charge in [0.2, 0.25) is 0 Å². The molecular weight excluding hydrogens is 290 g/mol. The molecule has 0 aliphatic rings. The molecule has 0 N–H and O–H groups in total. The summed E-state index contributed by atoms with van der Waals surface area (Å²) in [5.41, 5.74) is 3.13. The SMILES string of the molecule is COC(=O)Cc1cn(C)c2cc(OCc3ccccc3)ccc12. The molecule has 118 valence electrons. The quantitative estimate of drug-likeness (QED) is 0.678. The van der Waals surface area contributed by atoms with E-state index in [1.165, 1.54) is 7.11 Å². The summed E-state index contributed by atoms with van der Waals surface area (Å²) in [6.45, 7) is 0.534. The normalized spacial score (nSPS) is 10.7. The van der Waals surface area contributed by atoms with E-state index in [0.717, 1.165) is 27.8 Å². The van der Waals surface area contributed by atoms with Crippen molar-refractivity contribution in [3.05, 3.63) is 65.9 Å². The van der Waals surface area contributed by atoms with E-state index in [1.807, 2.05) is 66.3 Å². The van der Waals surface area contributed by atoms with Crippen LogP contribution in [0.5, 0.6) is 5.75 Å². The van der Waals surface area contributed by atoms with E-state index < -0.39 is 0 Å². The van der Waals surface area contributed by atoms with Crippen LogP contribution in [0.3, 0.4) is 0 Å². The molecule has 4 heteroatoms. The molecule has 0 atom stereocenters. The van der Waals surface area contributed by atoms with E-state index in [9.17, 15) is 4.79 Å². The Hall–Kier alpha value is -2.75. The highest BCUT2D eigenvalue weighted by Crippen LogP contribution is 2.26. The second-order valence-electron chi connectivity index (χ2n) is 5.47. The Balaban J connectivity index is 1.82. The maximum Gasteiger partial charge on any atom is 0.310 e. The minimum absolute atomic E-state index is 0.234. The fourth-order valence-corrected chi connectivity index (χ4v) is 2.65. The van der Waals surface area contributed by atoms with Gasteiger partial charge in [0.15, 0.2) is 0 Å². The second kappa shape index (κ2) is 6.57. The largest absolute Gasteiger partial charge is 0.489 e. The van der Waals surface area contributed by atoms with Gasteiger partial charge in [0, 0.05) is 24.7 Å². The summed E-state index contributed by atoms with van der Waals surface area (Å²) >= 11 is 0. The zero-order chi connectivity index (χ0) is 16.2. The molecule has 0 saturated carbocycles. The molecule has 0 spiro atoms. The highest BCUT2D eigenvalue weighted by Gasteiger charge is 2.11.